The first-order chi connectivity index (χ1) is 11.5. The number of H-pyrrole nitrogens is 1. The highest BCUT2D eigenvalue weighted by Crippen LogP contribution is 2.29. The highest BCUT2D eigenvalue weighted by Gasteiger charge is 2.43. The predicted molar refractivity (Wildman–Crippen MR) is 87.4 cm³/mol. The van der Waals surface area contributed by atoms with E-state index >= 15 is 0 Å². The summed E-state index contributed by atoms with van der Waals surface area (Å²) in [6.07, 6.45) is 0.699. The molecule has 1 aliphatic heterocycles. The quantitative estimate of drug-likeness (QED) is 0.362. The van der Waals surface area contributed by atoms with Gasteiger partial charge in [-0.3, -0.25) is 4.79 Å². The maximum atomic E-state index is 11.8. The molecular formula is C15H24N2O6S. The summed E-state index contributed by atoms with van der Waals surface area (Å²) >= 11 is 1.31. The van der Waals surface area contributed by atoms with Gasteiger partial charge in [0.05, 0.1) is 12.9 Å². The molecule has 0 saturated carbocycles. The van der Waals surface area contributed by atoms with Gasteiger partial charge in [-0.2, -0.15) is 0 Å². The Labute approximate surface area is 144 Å². The van der Waals surface area contributed by atoms with E-state index in [9.17, 15) is 20.1 Å². The van der Waals surface area contributed by atoms with Gasteiger partial charge in [-0.05, 0) is 18.6 Å². The normalized spacial score (nSPS) is 30.4. The van der Waals surface area contributed by atoms with Gasteiger partial charge in [0, 0.05) is 24.7 Å². The average molecular weight is 360 g/mol. The molecule has 2 rings (SSSR count). The molecule has 5 N–H and O–H groups in total. The highest BCUT2D eigenvalue weighted by molar-refractivity contribution is 7.99. The van der Waals surface area contributed by atoms with E-state index in [0.29, 0.717) is 18.6 Å². The monoisotopic (exact) mass is 360 g/mol. The molecule has 0 bridgehead atoms. The van der Waals surface area contributed by atoms with Crippen molar-refractivity contribution in [2.75, 3.05) is 12.4 Å². The van der Waals surface area contributed by atoms with Crippen LogP contribution in [-0.4, -0.2) is 78.4 Å². The zero-order chi connectivity index (χ0) is 17.5. The molecule has 1 fully saturated rings. The number of carbonyl (C=O) groups excluding carboxylic acids is 1. The van der Waals surface area contributed by atoms with Gasteiger partial charge in [-0.25, -0.2) is 4.98 Å². The summed E-state index contributed by atoms with van der Waals surface area (Å²) in [5, 5.41) is 38.4. The van der Waals surface area contributed by atoms with E-state index in [0.717, 1.165) is 18.5 Å². The maximum absolute atomic E-state index is 11.8. The standard InChI is InChI=1S/C15H24N2O6S/c18-7-11-12(20)13(21)14(22)15(23-11)24-4-2-1-3-10(19)5-9-6-16-8-17-9/h6,8,11-15,18,20-22H,1-5,7H2,(H,16,17). The number of thioether (sulfide) groups is 1. The van der Waals surface area contributed by atoms with Gasteiger partial charge in [0.1, 0.15) is 35.6 Å². The Morgan fingerprint density at radius 2 is 2.04 bits per heavy atom. The zero-order valence-corrected chi connectivity index (χ0v) is 14.1. The molecule has 1 aromatic rings. The summed E-state index contributed by atoms with van der Waals surface area (Å²) in [6, 6.07) is 0. The summed E-state index contributed by atoms with van der Waals surface area (Å²) in [6.45, 7) is -0.426. The minimum atomic E-state index is -1.34. The van der Waals surface area contributed by atoms with Crippen LogP contribution in [-0.2, 0) is 16.0 Å². The zero-order valence-electron chi connectivity index (χ0n) is 13.2. The Balaban J connectivity index is 1.63. The van der Waals surface area contributed by atoms with Gasteiger partial charge in [0.15, 0.2) is 0 Å². The lowest BCUT2D eigenvalue weighted by Crippen LogP contribution is -2.57. The van der Waals surface area contributed by atoms with E-state index in [2.05, 4.69) is 9.97 Å². The van der Waals surface area contributed by atoms with E-state index in [4.69, 9.17) is 9.84 Å². The lowest BCUT2D eigenvalue weighted by molar-refractivity contribution is -0.205. The molecule has 0 aromatic carbocycles. The number of aromatic amines is 1. The Morgan fingerprint density at radius 3 is 2.71 bits per heavy atom. The number of rotatable bonds is 9. The molecule has 1 saturated heterocycles. The maximum Gasteiger partial charge on any atom is 0.138 e. The highest BCUT2D eigenvalue weighted by atomic mass is 32.2. The van der Waals surface area contributed by atoms with Crippen LogP contribution in [0.5, 0.6) is 0 Å². The number of ketones is 1. The van der Waals surface area contributed by atoms with Crippen LogP contribution < -0.4 is 0 Å². The number of Topliss-reactive ketones (excluding diaryl/α,β-unsaturated/α-hetero) is 1. The van der Waals surface area contributed by atoms with Gasteiger partial charge >= 0.3 is 0 Å². The van der Waals surface area contributed by atoms with E-state index in [1.807, 2.05) is 0 Å². The van der Waals surface area contributed by atoms with Crippen LogP contribution in [0, 0.1) is 0 Å². The molecule has 1 aliphatic rings. The fourth-order valence-corrected chi connectivity index (χ4v) is 3.69. The van der Waals surface area contributed by atoms with Crippen LogP contribution in [0.2, 0.25) is 0 Å². The number of imidazole rings is 1. The van der Waals surface area contributed by atoms with Crippen molar-refractivity contribution in [1.29, 1.82) is 0 Å². The topological polar surface area (TPSA) is 136 Å². The van der Waals surface area contributed by atoms with Crippen molar-refractivity contribution in [3.8, 4) is 0 Å². The lowest BCUT2D eigenvalue weighted by Gasteiger charge is -2.39. The van der Waals surface area contributed by atoms with Crippen LogP contribution in [0.15, 0.2) is 12.5 Å². The number of ether oxygens (including phenoxy) is 1. The third-order valence-corrected chi connectivity index (χ3v) is 5.17. The molecule has 5 unspecified atom stereocenters. The number of hydrogen-bond acceptors (Lipinski definition) is 8. The molecule has 5 atom stereocenters. The predicted octanol–water partition coefficient (Wildman–Crippen LogP) is -0.775. The number of nitrogens with one attached hydrogen (secondary N) is 1. The summed E-state index contributed by atoms with van der Waals surface area (Å²) in [5.41, 5.74) is 0.0944. The van der Waals surface area contributed by atoms with Crippen LogP contribution in [0.1, 0.15) is 25.0 Å². The van der Waals surface area contributed by atoms with E-state index in [-0.39, 0.29) is 5.78 Å². The lowest BCUT2D eigenvalue weighted by atomic mass is 10.0. The molecule has 8 nitrogen and oxygen atoms in total. The molecule has 24 heavy (non-hydrogen) atoms. The fraction of sp³-hybridized carbons (Fsp3) is 0.733. The first-order valence-corrected chi connectivity index (χ1v) is 8.99. The molecule has 136 valence electrons. The first-order valence-electron chi connectivity index (χ1n) is 7.94. The van der Waals surface area contributed by atoms with Crippen molar-refractivity contribution in [2.45, 2.75) is 55.5 Å². The Hall–Kier alpha value is -0.970. The number of nitrogens with zero attached hydrogens (tertiary/aromatic N) is 1. The van der Waals surface area contributed by atoms with Crippen LogP contribution in [0.4, 0.5) is 0 Å². The molecule has 9 heteroatoms. The van der Waals surface area contributed by atoms with Crippen LogP contribution >= 0.6 is 11.8 Å². The third-order valence-electron chi connectivity index (χ3n) is 3.92. The van der Waals surface area contributed by atoms with Gasteiger partial charge < -0.3 is 30.1 Å². The molecule has 0 aliphatic carbocycles. The number of hydrogen-bond donors (Lipinski definition) is 5. The average Bonchev–Trinajstić information content (AvgIpc) is 3.07. The summed E-state index contributed by atoms with van der Waals surface area (Å²) in [5.74, 6) is 0.775. The van der Waals surface area contributed by atoms with Crippen LogP contribution in [0.3, 0.4) is 0 Å². The van der Waals surface area contributed by atoms with Gasteiger partial charge in [0.25, 0.3) is 0 Å². The number of aliphatic hydroxyl groups is 4. The van der Waals surface area contributed by atoms with Gasteiger partial charge in [-0.15, -0.1) is 11.8 Å². The molecule has 0 radical (unpaired) electrons. The number of aliphatic hydroxyl groups excluding tert-OH is 4. The first kappa shape index (κ1) is 19.4. The van der Waals surface area contributed by atoms with Crippen molar-refractivity contribution in [2.24, 2.45) is 0 Å². The minimum absolute atomic E-state index is 0.136. The molecule has 0 amide bonds. The smallest absolute Gasteiger partial charge is 0.138 e. The van der Waals surface area contributed by atoms with Gasteiger partial charge in [-0.1, -0.05) is 0 Å². The Kier molecular flexibility index (Phi) is 7.66. The van der Waals surface area contributed by atoms with Crippen LogP contribution in [0.25, 0.3) is 0 Å². The largest absolute Gasteiger partial charge is 0.394 e. The summed E-state index contributed by atoms with van der Waals surface area (Å²) in [7, 11) is 0. The van der Waals surface area contributed by atoms with Crippen molar-refractivity contribution in [1.82, 2.24) is 9.97 Å². The van der Waals surface area contributed by atoms with E-state index in [1.54, 1.807) is 12.5 Å². The van der Waals surface area contributed by atoms with E-state index in [1.165, 1.54) is 11.8 Å². The third kappa shape index (κ3) is 5.27. The second kappa shape index (κ2) is 9.50. The second-order valence-electron chi connectivity index (χ2n) is 5.82. The Morgan fingerprint density at radius 1 is 1.25 bits per heavy atom. The SMILES string of the molecule is O=C(CCCCSC1OC(CO)C(O)C(O)C1O)Cc1cnc[nH]1. The molecular weight excluding hydrogens is 336 g/mol. The molecule has 2 heterocycles. The summed E-state index contributed by atoms with van der Waals surface area (Å²) in [4.78, 5) is 18.5. The van der Waals surface area contributed by atoms with Crippen molar-refractivity contribution in [3.05, 3.63) is 18.2 Å². The van der Waals surface area contributed by atoms with E-state index < -0.39 is 36.5 Å². The Bertz CT molecular complexity index is 498. The van der Waals surface area contributed by atoms with Crippen molar-refractivity contribution < 1.29 is 30.0 Å². The summed E-state index contributed by atoms with van der Waals surface area (Å²) < 4.78 is 5.40. The fourth-order valence-electron chi connectivity index (χ4n) is 2.51. The van der Waals surface area contributed by atoms with Crippen molar-refractivity contribution in [3.63, 3.8) is 0 Å². The molecule has 0 spiro atoms. The van der Waals surface area contributed by atoms with Gasteiger partial charge in [0.2, 0.25) is 0 Å². The number of carbonyl (C=O) groups is 1. The minimum Gasteiger partial charge on any atom is -0.394 e. The second-order valence-corrected chi connectivity index (χ2v) is 7.02. The number of unbranched alkanes of at least 4 members (excludes halogenated alkanes) is 1. The van der Waals surface area contributed by atoms with Crippen molar-refractivity contribution >= 4 is 17.5 Å². The molecule has 1 aromatic heterocycles. The number of aromatic nitrogens is 2.